The van der Waals surface area contributed by atoms with Gasteiger partial charge in [-0.05, 0) is 38.1 Å². The Morgan fingerprint density at radius 2 is 1.17 bits per heavy atom. The van der Waals surface area contributed by atoms with E-state index in [1.165, 1.54) is 43.6 Å². The first-order valence-corrected chi connectivity index (χ1v) is 8.57. The highest BCUT2D eigenvalue weighted by Crippen LogP contribution is 2.40. The van der Waals surface area contributed by atoms with Gasteiger partial charge < -0.3 is 9.13 Å². The van der Waals surface area contributed by atoms with Gasteiger partial charge in [0.15, 0.2) is 0 Å². The van der Waals surface area contributed by atoms with Crippen molar-refractivity contribution < 1.29 is 0 Å². The second-order valence-corrected chi connectivity index (χ2v) is 6.91. The number of aryl methyl sites for hydroxylation is 1. The molecule has 0 saturated heterocycles. The molecule has 24 heavy (non-hydrogen) atoms. The SMILES string of the molecule is CC(C)n1c2ccccc2c2c3c4ccccc4n(C)c3ccc21. The molecule has 2 heteroatoms. The molecule has 2 aromatic heterocycles. The van der Waals surface area contributed by atoms with E-state index in [-0.39, 0.29) is 0 Å². The molecule has 0 spiro atoms. The number of hydrogen-bond donors (Lipinski definition) is 0. The normalized spacial score (nSPS) is 12.3. The van der Waals surface area contributed by atoms with Crippen LogP contribution in [0.15, 0.2) is 60.7 Å². The maximum absolute atomic E-state index is 2.46. The molecule has 0 radical (unpaired) electrons. The lowest BCUT2D eigenvalue weighted by Crippen LogP contribution is -1.99. The number of para-hydroxylation sites is 2. The summed E-state index contributed by atoms with van der Waals surface area (Å²) in [6.45, 7) is 4.53. The molecule has 0 aliphatic heterocycles. The van der Waals surface area contributed by atoms with Gasteiger partial charge in [0.05, 0.1) is 5.52 Å². The zero-order valence-electron chi connectivity index (χ0n) is 14.2. The molecule has 0 amide bonds. The van der Waals surface area contributed by atoms with Crippen molar-refractivity contribution in [1.82, 2.24) is 9.13 Å². The molecule has 0 saturated carbocycles. The Hall–Kier alpha value is -2.74. The number of fused-ring (bicyclic) bond motifs is 7. The molecule has 0 N–H and O–H groups in total. The first kappa shape index (κ1) is 13.7. The fourth-order valence-electron chi connectivity index (χ4n) is 4.29. The molecule has 2 nitrogen and oxygen atoms in total. The van der Waals surface area contributed by atoms with E-state index in [2.05, 4.69) is 90.7 Å². The summed E-state index contributed by atoms with van der Waals surface area (Å²) in [4.78, 5) is 0. The third-order valence-electron chi connectivity index (χ3n) is 5.27. The molecule has 0 aliphatic rings. The first-order chi connectivity index (χ1) is 11.7. The van der Waals surface area contributed by atoms with Crippen molar-refractivity contribution in [2.75, 3.05) is 0 Å². The van der Waals surface area contributed by atoms with E-state index in [0.717, 1.165) is 0 Å². The highest BCUT2D eigenvalue weighted by Gasteiger charge is 2.18. The van der Waals surface area contributed by atoms with Gasteiger partial charge in [0.1, 0.15) is 0 Å². The molecule has 0 unspecified atom stereocenters. The second kappa shape index (κ2) is 4.64. The van der Waals surface area contributed by atoms with Crippen molar-refractivity contribution >= 4 is 43.6 Å². The number of nitrogens with zero attached hydrogens (tertiary/aromatic N) is 2. The van der Waals surface area contributed by atoms with Crippen LogP contribution >= 0.6 is 0 Å². The highest BCUT2D eigenvalue weighted by molar-refractivity contribution is 6.28. The number of rotatable bonds is 1. The van der Waals surface area contributed by atoms with Crippen LogP contribution in [0.5, 0.6) is 0 Å². The monoisotopic (exact) mass is 312 g/mol. The summed E-state index contributed by atoms with van der Waals surface area (Å²) in [5, 5.41) is 5.45. The summed E-state index contributed by atoms with van der Waals surface area (Å²) in [5.74, 6) is 0. The predicted molar refractivity (Wildman–Crippen MR) is 104 cm³/mol. The minimum Gasteiger partial charge on any atom is -0.344 e. The van der Waals surface area contributed by atoms with Gasteiger partial charge in [0, 0.05) is 51.2 Å². The minimum atomic E-state index is 0.430. The third kappa shape index (κ3) is 1.56. The number of aromatic nitrogens is 2. The van der Waals surface area contributed by atoms with Gasteiger partial charge in [-0.1, -0.05) is 36.4 Å². The van der Waals surface area contributed by atoms with Crippen molar-refractivity contribution in [3.05, 3.63) is 60.7 Å². The van der Waals surface area contributed by atoms with Crippen LogP contribution in [0.4, 0.5) is 0 Å². The van der Waals surface area contributed by atoms with Crippen LogP contribution in [0.3, 0.4) is 0 Å². The molecule has 0 atom stereocenters. The van der Waals surface area contributed by atoms with Gasteiger partial charge in [0.2, 0.25) is 0 Å². The van der Waals surface area contributed by atoms with Gasteiger partial charge in [-0.15, -0.1) is 0 Å². The predicted octanol–water partition coefficient (Wildman–Crippen LogP) is 6.02. The molecule has 5 aromatic rings. The number of benzene rings is 3. The van der Waals surface area contributed by atoms with E-state index in [4.69, 9.17) is 0 Å². The average molecular weight is 312 g/mol. The standard InChI is InChI=1S/C22H20N2/c1-14(2)24-18-11-7-5-9-16(18)22-20(24)13-12-19-21(22)15-8-4-6-10-17(15)23(19)3/h4-14H,1-3H3. The van der Waals surface area contributed by atoms with Gasteiger partial charge in [-0.25, -0.2) is 0 Å². The van der Waals surface area contributed by atoms with E-state index in [1.807, 2.05) is 0 Å². The Bertz CT molecular complexity index is 1240. The fraction of sp³-hybridized carbons (Fsp3) is 0.182. The average Bonchev–Trinajstić information content (AvgIpc) is 3.08. The third-order valence-corrected chi connectivity index (χ3v) is 5.27. The molecule has 118 valence electrons. The van der Waals surface area contributed by atoms with Gasteiger partial charge in [0.25, 0.3) is 0 Å². The van der Waals surface area contributed by atoms with E-state index in [0.29, 0.717) is 6.04 Å². The molecular weight excluding hydrogens is 292 g/mol. The molecule has 0 bridgehead atoms. The summed E-state index contributed by atoms with van der Waals surface area (Å²) >= 11 is 0. The van der Waals surface area contributed by atoms with Crippen molar-refractivity contribution in [2.45, 2.75) is 19.9 Å². The Labute approximate surface area is 140 Å². The Kier molecular flexibility index (Phi) is 2.64. The van der Waals surface area contributed by atoms with Crippen molar-refractivity contribution in [2.24, 2.45) is 7.05 Å². The Balaban J connectivity index is 2.17. The topological polar surface area (TPSA) is 9.86 Å². The summed E-state index contributed by atoms with van der Waals surface area (Å²) in [7, 11) is 2.16. The Morgan fingerprint density at radius 1 is 0.625 bits per heavy atom. The zero-order chi connectivity index (χ0) is 16.4. The maximum Gasteiger partial charge on any atom is 0.0501 e. The molecular formula is C22H20N2. The summed E-state index contributed by atoms with van der Waals surface area (Å²) < 4.78 is 4.78. The van der Waals surface area contributed by atoms with E-state index in [9.17, 15) is 0 Å². The van der Waals surface area contributed by atoms with Gasteiger partial charge >= 0.3 is 0 Å². The lowest BCUT2D eigenvalue weighted by molar-refractivity contribution is 0.642. The summed E-state index contributed by atoms with van der Waals surface area (Å²) in [6.07, 6.45) is 0. The highest BCUT2D eigenvalue weighted by atomic mass is 15.0. The quantitative estimate of drug-likeness (QED) is 0.358. The van der Waals surface area contributed by atoms with Crippen LogP contribution in [0.2, 0.25) is 0 Å². The van der Waals surface area contributed by atoms with Crippen molar-refractivity contribution in [3.8, 4) is 0 Å². The van der Waals surface area contributed by atoms with Crippen LogP contribution in [0.1, 0.15) is 19.9 Å². The van der Waals surface area contributed by atoms with Gasteiger partial charge in [-0.2, -0.15) is 0 Å². The zero-order valence-corrected chi connectivity index (χ0v) is 14.2. The van der Waals surface area contributed by atoms with Crippen molar-refractivity contribution in [3.63, 3.8) is 0 Å². The van der Waals surface area contributed by atoms with E-state index >= 15 is 0 Å². The smallest absolute Gasteiger partial charge is 0.0501 e. The molecule has 5 rings (SSSR count). The maximum atomic E-state index is 2.46. The minimum absolute atomic E-state index is 0.430. The molecule has 3 aromatic carbocycles. The summed E-state index contributed by atoms with van der Waals surface area (Å²) in [5.41, 5.74) is 5.25. The van der Waals surface area contributed by atoms with Crippen LogP contribution in [0.25, 0.3) is 43.6 Å². The molecule has 0 aliphatic carbocycles. The van der Waals surface area contributed by atoms with Crippen molar-refractivity contribution in [1.29, 1.82) is 0 Å². The largest absolute Gasteiger partial charge is 0.344 e. The first-order valence-electron chi connectivity index (χ1n) is 8.57. The van der Waals surface area contributed by atoms with Crippen LogP contribution in [-0.4, -0.2) is 9.13 Å². The molecule has 0 fully saturated rings. The van der Waals surface area contributed by atoms with E-state index in [1.54, 1.807) is 0 Å². The second-order valence-electron chi connectivity index (χ2n) is 6.91. The summed E-state index contributed by atoms with van der Waals surface area (Å²) in [6, 6.07) is 22.5. The number of hydrogen-bond acceptors (Lipinski definition) is 0. The molecule has 2 heterocycles. The Morgan fingerprint density at radius 3 is 1.88 bits per heavy atom. The van der Waals surface area contributed by atoms with Gasteiger partial charge in [-0.3, -0.25) is 0 Å². The lowest BCUT2D eigenvalue weighted by atomic mass is 10.1. The van der Waals surface area contributed by atoms with Crippen LogP contribution < -0.4 is 0 Å². The fourth-order valence-corrected chi connectivity index (χ4v) is 4.29. The van der Waals surface area contributed by atoms with Crippen LogP contribution in [-0.2, 0) is 7.05 Å². The lowest BCUT2D eigenvalue weighted by Gasteiger charge is -2.11. The van der Waals surface area contributed by atoms with Crippen LogP contribution in [0, 0.1) is 0 Å². The van der Waals surface area contributed by atoms with E-state index < -0.39 is 0 Å².